The van der Waals surface area contributed by atoms with Crippen LogP contribution in [-0.2, 0) is 0 Å². The van der Waals surface area contributed by atoms with Crippen LogP contribution in [0.1, 0.15) is 12.7 Å². The molecule has 3 heteroatoms. The van der Waals surface area contributed by atoms with Crippen molar-refractivity contribution in [2.45, 2.75) is 6.92 Å². The standard InChI is InChI=1S/C11H11N3/c1-9(2)11-12-8-13-14(11)10-6-4-3-5-7-10/h3-8H,1H2,2H3. The lowest BCUT2D eigenvalue weighted by Crippen LogP contribution is -2.00. The number of allylic oxidation sites excluding steroid dienone is 1. The molecule has 0 fully saturated rings. The summed E-state index contributed by atoms with van der Waals surface area (Å²) in [6.45, 7) is 5.78. The second-order valence-electron chi connectivity index (χ2n) is 3.11. The number of para-hydroxylation sites is 1. The Hall–Kier alpha value is -1.90. The van der Waals surface area contributed by atoms with Gasteiger partial charge in [0.25, 0.3) is 0 Å². The van der Waals surface area contributed by atoms with Gasteiger partial charge in [-0.2, -0.15) is 5.10 Å². The molecule has 0 unspecified atom stereocenters. The summed E-state index contributed by atoms with van der Waals surface area (Å²) >= 11 is 0. The highest BCUT2D eigenvalue weighted by atomic mass is 15.3. The van der Waals surface area contributed by atoms with E-state index in [0.717, 1.165) is 17.1 Å². The minimum Gasteiger partial charge on any atom is -0.215 e. The zero-order valence-electron chi connectivity index (χ0n) is 8.01. The Bertz CT molecular complexity index is 443. The second-order valence-corrected chi connectivity index (χ2v) is 3.11. The van der Waals surface area contributed by atoms with Crippen molar-refractivity contribution in [2.24, 2.45) is 0 Å². The van der Waals surface area contributed by atoms with E-state index in [1.54, 1.807) is 4.68 Å². The van der Waals surface area contributed by atoms with Gasteiger partial charge in [-0.1, -0.05) is 24.8 Å². The summed E-state index contributed by atoms with van der Waals surface area (Å²) in [4.78, 5) is 4.14. The molecule has 0 bridgehead atoms. The first-order valence-electron chi connectivity index (χ1n) is 4.40. The lowest BCUT2D eigenvalue weighted by molar-refractivity contribution is 0.863. The maximum atomic E-state index is 4.15. The Balaban J connectivity index is 2.52. The molecular formula is C11H11N3. The van der Waals surface area contributed by atoms with Crippen LogP contribution in [0.3, 0.4) is 0 Å². The topological polar surface area (TPSA) is 30.7 Å². The van der Waals surface area contributed by atoms with E-state index in [-0.39, 0.29) is 0 Å². The maximum Gasteiger partial charge on any atom is 0.158 e. The van der Waals surface area contributed by atoms with Crippen molar-refractivity contribution in [1.29, 1.82) is 0 Å². The van der Waals surface area contributed by atoms with Crippen LogP contribution in [0.5, 0.6) is 0 Å². The predicted molar refractivity (Wildman–Crippen MR) is 56.1 cm³/mol. The summed E-state index contributed by atoms with van der Waals surface area (Å²) in [6.07, 6.45) is 1.54. The summed E-state index contributed by atoms with van der Waals surface area (Å²) in [6, 6.07) is 9.89. The summed E-state index contributed by atoms with van der Waals surface area (Å²) in [5.41, 5.74) is 1.91. The summed E-state index contributed by atoms with van der Waals surface area (Å²) < 4.78 is 1.78. The highest BCUT2D eigenvalue weighted by molar-refractivity contribution is 5.56. The van der Waals surface area contributed by atoms with Crippen LogP contribution in [0.25, 0.3) is 11.3 Å². The molecule has 70 valence electrons. The molecule has 0 aliphatic carbocycles. The number of aromatic nitrogens is 3. The van der Waals surface area contributed by atoms with Gasteiger partial charge >= 0.3 is 0 Å². The van der Waals surface area contributed by atoms with Gasteiger partial charge in [0.1, 0.15) is 6.33 Å². The third-order valence-electron chi connectivity index (χ3n) is 1.93. The van der Waals surface area contributed by atoms with Crippen molar-refractivity contribution in [3.63, 3.8) is 0 Å². The fraction of sp³-hybridized carbons (Fsp3) is 0.0909. The second kappa shape index (κ2) is 3.46. The lowest BCUT2D eigenvalue weighted by atomic mass is 10.3. The molecule has 0 saturated carbocycles. The predicted octanol–water partition coefficient (Wildman–Crippen LogP) is 2.30. The Morgan fingerprint density at radius 2 is 2.00 bits per heavy atom. The van der Waals surface area contributed by atoms with Crippen molar-refractivity contribution in [2.75, 3.05) is 0 Å². The highest BCUT2D eigenvalue weighted by Crippen LogP contribution is 2.12. The summed E-state index contributed by atoms with van der Waals surface area (Å²) in [5, 5.41) is 4.15. The number of rotatable bonds is 2. The van der Waals surface area contributed by atoms with Gasteiger partial charge in [-0.25, -0.2) is 9.67 Å². The van der Waals surface area contributed by atoms with Crippen molar-refractivity contribution in [3.05, 3.63) is 49.1 Å². The number of benzene rings is 1. The molecule has 0 radical (unpaired) electrons. The monoisotopic (exact) mass is 185 g/mol. The fourth-order valence-corrected chi connectivity index (χ4v) is 1.29. The quantitative estimate of drug-likeness (QED) is 0.718. The van der Waals surface area contributed by atoms with E-state index in [9.17, 15) is 0 Å². The van der Waals surface area contributed by atoms with Crippen LogP contribution in [-0.4, -0.2) is 14.8 Å². The van der Waals surface area contributed by atoms with E-state index in [0.29, 0.717) is 0 Å². The molecule has 0 aliphatic heterocycles. The average molecular weight is 185 g/mol. The van der Waals surface area contributed by atoms with Crippen molar-refractivity contribution >= 4 is 5.57 Å². The molecule has 0 N–H and O–H groups in total. The first kappa shape index (κ1) is 8.69. The minimum atomic E-state index is 0.802. The summed E-state index contributed by atoms with van der Waals surface area (Å²) in [7, 11) is 0. The SMILES string of the molecule is C=C(C)c1ncnn1-c1ccccc1. The van der Waals surface area contributed by atoms with Gasteiger partial charge in [0.2, 0.25) is 0 Å². The molecule has 3 nitrogen and oxygen atoms in total. The molecule has 0 saturated heterocycles. The van der Waals surface area contributed by atoms with Crippen LogP contribution in [0.15, 0.2) is 43.2 Å². The number of hydrogen-bond acceptors (Lipinski definition) is 2. The maximum absolute atomic E-state index is 4.15. The summed E-state index contributed by atoms with van der Waals surface area (Å²) in [5.74, 6) is 0.802. The Labute approximate surface area is 82.7 Å². The largest absolute Gasteiger partial charge is 0.215 e. The van der Waals surface area contributed by atoms with E-state index in [1.165, 1.54) is 6.33 Å². The van der Waals surface area contributed by atoms with Gasteiger partial charge < -0.3 is 0 Å². The highest BCUT2D eigenvalue weighted by Gasteiger charge is 2.05. The Kier molecular flexibility index (Phi) is 2.14. The van der Waals surface area contributed by atoms with Crippen molar-refractivity contribution in [3.8, 4) is 5.69 Å². The first-order valence-corrected chi connectivity index (χ1v) is 4.40. The van der Waals surface area contributed by atoms with E-state index in [4.69, 9.17) is 0 Å². The molecule has 1 aromatic carbocycles. The zero-order chi connectivity index (χ0) is 9.97. The average Bonchev–Trinajstić information content (AvgIpc) is 2.67. The molecule has 2 rings (SSSR count). The van der Waals surface area contributed by atoms with Crippen molar-refractivity contribution in [1.82, 2.24) is 14.8 Å². The van der Waals surface area contributed by atoms with Gasteiger partial charge in [-0.05, 0) is 24.6 Å². The van der Waals surface area contributed by atoms with E-state index < -0.39 is 0 Å². The molecule has 0 atom stereocenters. The number of hydrogen-bond donors (Lipinski definition) is 0. The van der Waals surface area contributed by atoms with Crippen LogP contribution >= 0.6 is 0 Å². The molecule has 1 heterocycles. The zero-order valence-corrected chi connectivity index (χ0v) is 8.01. The number of nitrogens with zero attached hydrogens (tertiary/aromatic N) is 3. The molecule has 0 aliphatic rings. The van der Waals surface area contributed by atoms with Crippen LogP contribution in [0, 0.1) is 0 Å². The Morgan fingerprint density at radius 3 is 2.64 bits per heavy atom. The molecule has 0 spiro atoms. The molecule has 2 aromatic rings. The van der Waals surface area contributed by atoms with Gasteiger partial charge in [-0.3, -0.25) is 0 Å². The van der Waals surface area contributed by atoms with Crippen LogP contribution in [0.2, 0.25) is 0 Å². The first-order chi connectivity index (χ1) is 6.79. The fourth-order valence-electron chi connectivity index (χ4n) is 1.29. The van der Waals surface area contributed by atoms with E-state index >= 15 is 0 Å². The van der Waals surface area contributed by atoms with Gasteiger partial charge in [-0.15, -0.1) is 0 Å². The molecule has 1 aromatic heterocycles. The molecular weight excluding hydrogens is 174 g/mol. The third-order valence-corrected chi connectivity index (χ3v) is 1.93. The smallest absolute Gasteiger partial charge is 0.158 e. The normalized spacial score (nSPS) is 10.1. The van der Waals surface area contributed by atoms with E-state index in [1.807, 2.05) is 37.3 Å². The minimum absolute atomic E-state index is 0.802. The molecule has 14 heavy (non-hydrogen) atoms. The van der Waals surface area contributed by atoms with Gasteiger partial charge in [0.15, 0.2) is 5.82 Å². The lowest BCUT2D eigenvalue weighted by Gasteiger charge is -2.04. The molecule has 0 amide bonds. The van der Waals surface area contributed by atoms with Gasteiger partial charge in [0.05, 0.1) is 5.69 Å². The van der Waals surface area contributed by atoms with E-state index in [2.05, 4.69) is 16.7 Å². The van der Waals surface area contributed by atoms with Crippen LogP contribution < -0.4 is 0 Å². The Morgan fingerprint density at radius 1 is 1.29 bits per heavy atom. The van der Waals surface area contributed by atoms with Crippen LogP contribution in [0.4, 0.5) is 0 Å². The third kappa shape index (κ3) is 1.44. The van der Waals surface area contributed by atoms with Crippen molar-refractivity contribution < 1.29 is 0 Å². The van der Waals surface area contributed by atoms with Gasteiger partial charge in [0, 0.05) is 0 Å².